The maximum Gasteiger partial charge on any atom is 0.494 e. The summed E-state index contributed by atoms with van der Waals surface area (Å²) < 4.78 is 18.0. The Morgan fingerprint density at radius 2 is 1.76 bits per heavy atom. The Balaban J connectivity index is 1.32. The minimum atomic E-state index is -0.512. The second-order valence-corrected chi connectivity index (χ2v) is 11.6. The minimum absolute atomic E-state index is 0.0682. The van der Waals surface area contributed by atoms with Crippen molar-refractivity contribution >= 4 is 18.7 Å². The van der Waals surface area contributed by atoms with Crippen molar-refractivity contribution in [3.63, 3.8) is 0 Å². The molecule has 1 saturated carbocycles. The summed E-state index contributed by atoms with van der Waals surface area (Å²) in [7, 11) is -0.381. The van der Waals surface area contributed by atoms with Crippen LogP contribution in [0, 0.1) is 5.92 Å². The van der Waals surface area contributed by atoms with E-state index < -0.39 is 5.60 Å². The van der Waals surface area contributed by atoms with Gasteiger partial charge in [0.2, 0.25) is 0 Å². The van der Waals surface area contributed by atoms with E-state index in [-0.39, 0.29) is 36.5 Å². The average Bonchev–Trinajstić information content (AvgIpc) is 3.07. The zero-order valence-electron chi connectivity index (χ0n) is 20.6. The normalized spacial score (nSPS) is 27.5. The molecule has 1 aliphatic carbocycles. The molecule has 0 unspecified atom stereocenters. The van der Waals surface area contributed by atoms with Crippen molar-refractivity contribution in [1.29, 1.82) is 0 Å². The van der Waals surface area contributed by atoms with E-state index >= 15 is 0 Å². The number of fused-ring (bicyclic) bond motifs is 1. The van der Waals surface area contributed by atoms with Gasteiger partial charge in [-0.05, 0) is 78.3 Å². The first kappa shape index (κ1) is 22.5. The van der Waals surface area contributed by atoms with Gasteiger partial charge in [0.05, 0.1) is 29.1 Å². The van der Waals surface area contributed by atoms with Crippen molar-refractivity contribution in [3.8, 4) is 11.3 Å². The van der Waals surface area contributed by atoms with Crippen LogP contribution in [0.3, 0.4) is 0 Å². The van der Waals surface area contributed by atoms with Gasteiger partial charge in [0.1, 0.15) is 11.4 Å². The Morgan fingerprint density at radius 1 is 1.12 bits per heavy atom. The summed E-state index contributed by atoms with van der Waals surface area (Å²) in [6.45, 7) is 13.9. The minimum Gasteiger partial charge on any atom is -0.444 e. The van der Waals surface area contributed by atoms with Gasteiger partial charge in [-0.3, -0.25) is 4.90 Å². The van der Waals surface area contributed by atoms with Crippen LogP contribution in [-0.4, -0.2) is 50.9 Å². The van der Waals surface area contributed by atoms with Gasteiger partial charge in [0.15, 0.2) is 0 Å². The number of carbonyl (C=O) groups excluding carboxylic acids is 1. The summed E-state index contributed by atoms with van der Waals surface area (Å²) in [6.07, 6.45) is 3.58. The summed E-state index contributed by atoms with van der Waals surface area (Å²) in [4.78, 5) is 22.8. The predicted octanol–water partition coefficient (Wildman–Crippen LogP) is 4.45. The molecule has 0 bridgehead atoms. The van der Waals surface area contributed by atoms with E-state index in [9.17, 15) is 4.79 Å². The number of hydrogen-bond acceptors (Lipinski definition) is 5. The maximum absolute atomic E-state index is 12.9. The lowest BCUT2D eigenvalue weighted by molar-refractivity contribution is 0.00578. The highest BCUT2D eigenvalue weighted by atomic mass is 16.7. The molecule has 0 radical (unpaired) electrons. The molecular weight excluding hydrogens is 417 g/mol. The molecule has 7 nitrogen and oxygen atoms in total. The van der Waals surface area contributed by atoms with Crippen LogP contribution < -0.4 is 5.46 Å². The fourth-order valence-corrected chi connectivity index (χ4v) is 4.73. The third kappa shape index (κ3) is 4.08. The Hall–Kier alpha value is -2.32. The summed E-state index contributed by atoms with van der Waals surface area (Å²) >= 11 is 0. The first-order valence-electron chi connectivity index (χ1n) is 11.9. The zero-order chi connectivity index (χ0) is 23.8. The van der Waals surface area contributed by atoms with Crippen LogP contribution >= 0.6 is 0 Å². The second-order valence-electron chi connectivity index (χ2n) is 11.6. The molecule has 1 amide bonds. The maximum atomic E-state index is 12.9. The van der Waals surface area contributed by atoms with Crippen LogP contribution in [0.1, 0.15) is 73.2 Å². The lowest BCUT2D eigenvalue weighted by Gasteiger charge is -2.32. The van der Waals surface area contributed by atoms with Crippen molar-refractivity contribution in [2.75, 3.05) is 0 Å². The largest absolute Gasteiger partial charge is 0.494 e. The van der Waals surface area contributed by atoms with Crippen molar-refractivity contribution in [2.45, 2.75) is 90.2 Å². The number of piperidine rings is 1. The second kappa shape index (κ2) is 7.34. The zero-order valence-corrected chi connectivity index (χ0v) is 20.6. The summed E-state index contributed by atoms with van der Waals surface area (Å²) in [5.41, 5.74) is 1.70. The molecule has 3 heterocycles. The number of aromatic nitrogens is 2. The lowest BCUT2D eigenvalue weighted by atomic mass is 9.79. The summed E-state index contributed by atoms with van der Waals surface area (Å²) in [5, 5.41) is 0. The van der Waals surface area contributed by atoms with Gasteiger partial charge < -0.3 is 19.0 Å². The number of rotatable bonds is 3. The molecule has 3 atom stereocenters. The highest BCUT2D eigenvalue weighted by Crippen LogP contribution is 2.53. The summed E-state index contributed by atoms with van der Waals surface area (Å²) in [6, 6.07) is 8.38. The van der Waals surface area contributed by atoms with E-state index in [0.29, 0.717) is 5.92 Å². The Labute approximate surface area is 196 Å². The van der Waals surface area contributed by atoms with Crippen LogP contribution in [0.4, 0.5) is 4.79 Å². The van der Waals surface area contributed by atoms with Gasteiger partial charge in [-0.15, -0.1) is 0 Å². The number of aromatic amines is 1. The average molecular weight is 451 g/mol. The van der Waals surface area contributed by atoms with Crippen LogP contribution in [-0.2, 0) is 14.0 Å². The molecule has 3 fully saturated rings. The fraction of sp³-hybridized carbons (Fsp3) is 0.600. The van der Waals surface area contributed by atoms with Crippen LogP contribution in [0.5, 0.6) is 0 Å². The molecule has 0 spiro atoms. The van der Waals surface area contributed by atoms with E-state index in [4.69, 9.17) is 14.0 Å². The molecule has 8 heteroatoms. The molecule has 2 saturated heterocycles. The highest BCUT2D eigenvalue weighted by Gasteiger charge is 2.56. The number of carbonyl (C=O) groups is 1. The van der Waals surface area contributed by atoms with E-state index in [0.717, 1.165) is 35.4 Å². The van der Waals surface area contributed by atoms with E-state index in [1.165, 1.54) is 0 Å². The molecule has 176 valence electrons. The third-order valence-corrected chi connectivity index (χ3v) is 7.37. The Morgan fingerprint density at radius 3 is 2.36 bits per heavy atom. The topological polar surface area (TPSA) is 76.7 Å². The molecule has 3 aliphatic rings. The predicted molar refractivity (Wildman–Crippen MR) is 127 cm³/mol. The van der Waals surface area contributed by atoms with Gasteiger partial charge in [-0.25, -0.2) is 9.78 Å². The van der Waals surface area contributed by atoms with E-state index in [2.05, 4.69) is 49.8 Å². The third-order valence-electron chi connectivity index (χ3n) is 7.37. The Bertz CT molecular complexity index is 1040. The van der Waals surface area contributed by atoms with Crippen molar-refractivity contribution < 1.29 is 18.8 Å². The smallest absolute Gasteiger partial charge is 0.444 e. The standard InChI is InChI=1S/C25H34BN3O4/c1-23(2,3)31-22(30)29-19-12-16(19)13-20(29)21-27-14-18(28-21)15-8-10-17(11-9-15)26-32-24(4,5)25(6,7)33-26/h8-11,14,16,19-20H,12-13H2,1-7H3,(H,27,28)/t16-,19-,20-/m1/s1. The number of likely N-dealkylation sites (tertiary alicyclic amines) is 1. The molecule has 2 aromatic rings. The highest BCUT2D eigenvalue weighted by molar-refractivity contribution is 6.62. The number of ether oxygens (including phenoxy) is 1. The number of amides is 1. The van der Waals surface area contributed by atoms with Crippen LogP contribution in [0.15, 0.2) is 30.5 Å². The van der Waals surface area contributed by atoms with Gasteiger partial charge in [-0.2, -0.15) is 0 Å². The number of H-pyrrole nitrogens is 1. The summed E-state index contributed by atoms with van der Waals surface area (Å²) in [5.74, 6) is 1.37. The molecule has 33 heavy (non-hydrogen) atoms. The molecule has 5 rings (SSSR count). The van der Waals surface area contributed by atoms with E-state index in [1.54, 1.807) is 0 Å². The van der Waals surface area contributed by atoms with Crippen molar-refractivity contribution in [3.05, 3.63) is 36.3 Å². The molecule has 1 aromatic carbocycles. The molecule has 1 N–H and O–H groups in total. The Kier molecular flexibility index (Phi) is 5.00. The van der Waals surface area contributed by atoms with Crippen molar-refractivity contribution in [2.24, 2.45) is 5.92 Å². The number of hydrogen-bond donors (Lipinski definition) is 1. The lowest BCUT2D eigenvalue weighted by Crippen LogP contribution is -2.41. The SMILES string of the molecule is CC(C)(C)OC(=O)N1[C@@H](c2ncc(-c3ccc(B4OC(C)(C)C(C)(C)O4)cc3)[nH]2)C[C@H]2C[C@H]21. The molecule has 1 aromatic heterocycles. The number of nitrogens with one attached hydrogen (secondary N) is 1. The first-order chi connectivity index (χ1) is 15.3. The number of benzene rings is 1. The van der Waals surface area contributed by atoms with Crippen LogP contribution in [0.25, 0.3) is 11.3 Å². The quantitative estimate of drug-likeness (QED) is 0.698. The van der Waals surface area contributed by atoms with Crippen LogP contribution in [0.2, 0.25) is 0 Å². The molecule has 2 aliphatic heterocycles. The number of imidazole rings is 1. The van der Waals surface area contributed by atoms with Crippen molar-refractivity contribution in [1.82, 2.24) is 14.9 Å². The monoisotopic (exact) mass is 451 g/mol. The number of nitrogens with zero attached hydrogens (tertiary/aromatic N) is 2. The van der Waals surface area contributed by atoms with Gasteiger partial charge >= 0.3 is 13.2 Å². The van der Waals surface area contributed by atoms with E-state index in [1.807, 2.05) is 44.0 Å². The van der Waals surface area contributed by atoms with Gasteiger partial charge in [0.25, 0.3) is 0 Å². The molecular formula is C25H34BN3O4. The first-order valence-corrected chi connectivity index (χ1v) is 11.9. The van der Waals surface area contributed by atoms with Gasteiger partial charge in [0, 0.05) is 6.04 Å². The van der Waals surface area contributed by atoms with Gasteiger partial charge in [-0.1, -0.05) is 24.3 Å². The fourth-order valence-electron chi connectivity index (χ4n) is 4.73.